The lowest BCUT2D eigenvalue weighted by molar-refractivity contribution is 0.166. The summed E-state index contributed by atoms with van der Waals surface area (Å²) in [7, 11) is 0. The molecule has 0 saturated carbocycles. The van der Waals surface area contributed by atoms with Crippen molar-refractivity contribution in [3.63, 3.8) is 0 Å². The Balaban J connectivity index is 2.42. The number of hydrogen-bond acceptors (Lipinski definition) is 2. The number of aliphatic hydroxyl groups is 1. The van der Waals surface area contributed by atoms with E-state index in [1.165, 1.54) is 12.1 Å². The smallest absolute Gasteiger partial charge is 0.123 e. The van der Waals surface area contributed by atoms with Crippen molar-refractivity contribution in [3.05, 3.63) is 35.6 Å². The first-order chi connectivity index (χ1) is 8.91. The molecule has 19 heavy (non-hydrogen) atoms. The normalized spacial score (nSPS) is 13.5. The van der Waals surface area contributed by atoms with Gasteiger partial charge in [-0.1, -0.05) is 39.8 Å². The molecule has 108 valence electrons. The van der Waals surface area contributed by atoms with Crippen molar-refractivity contribution in [2.75, 3.05) is 13.1 Å². The van der Waals surface area contributed by atoms with Crippen LogP contribution < -0.4 is 5.32 Å². The minimum Gasteiger partial charge on any atom is -0.387 e. The first-order valence-electron chi connectivity index (χ1n) is 7.06. The van der Waals surface area contributed by atoms with Crippen LogP contribution in [0, 0.1) is 23.6 Å². The van der Waals surface area contributed by atoms with Gasteiger partial charge in [0.1, 0.15) is 5.82 Å². The fraction of sp³-hybridized carbons (Fsp3) is 0.625. The summed E-state index contributed by atoms with van der Waals surface area (Å²) in [4.78, 5) is 0. The highest BCUT2D eigenvalue weighted by atomic mass is 19.1. The lowest BCUT2D eigenvalue weighted by atomic mass is 9.85. The average Bonchev–Trinajstić information content (AvgIpc) is 2.34. The third-order valence-electron chi connectivity index (χ3n) is 3.69. The molecule has 1 aromatic carbocycles. The van der Waals surface area contributed by atoms with Crippen LogP contribution in [0.15, 0.2) is 24.3 Å². The fourth-order valence-corrected chi connectivity index (χ4v) is 2.43. The van der Waals surface area contributed by atoms with Gasteiger partial charge in [0, 0.05) is 6.54 Å². The second-order valence-corrected chi connectivity index (χ2v) is 5.88. The molecule has 1 atom stereocenters. The van der Waals surface area contributed by atoms with Gasteiger partial charge in [-0.15, -0.1) is 0 Å². The molecule has 1 aromatic rings. The van der Waals surface area contributed by atoms with Crippen LogP contribution in [0.1, 0.15) is 39.4 Å². The Morgan fingerprint density at radius 2 is 1.53 bits per heavy atom. The SMILES string of the molecule is CC(C)C(CNCC(O)c1ccc(F)cc1)C(C)C. The van der Waals surface area contributed by atoms with Gasteiger partial charge in [0.15, 0.2) is 0 Å². The summed E-state index contributed by atoms with van der Waals surface area (Å²) in [6.45, 7) is 10.3. The third kappa shape index (κ3) is 5.29. The lowest BCUT2D eigenvalue weighted by Crippen LogP contribution is -2.32. The maximum Gasteiger partial charge on any atom is 0.123 e. The van der Waals surface area contributed by atoms with Crippen LogP contribution in [-0.4, -0.2) is 18.2 Å². The second-order valence-electron chi connectivity index (χ2n) is 5.88. The van der Waals surface area contributed by atoms with Crippen LogP contribution in [0.25, 0.3) is 0 Å². The monoisotopic (exact) mass is 267 g/mol. The molecule has 0 amide bonds. The van der Waals surface area contributed by atoms with Crippen molar-refractivity contribution in [1.82, 2.24) is 5.32 Å². The topological polar surface area (TPSA) is 32.3 Å². The number of rotatable bonds is 7. The summed E-state index contributed by atoms with van der Waals surface area (Å²) in [5.74, 6) is 1.56. The second kappa shape index (κ2) is 7.61. The van der Waals surface area contributed by atoms with Crippen LogP contribution in [-0.2, 0) is 0 Å². The zero-order valence-electron chi connectivity index (χ0n) is 12.4. The van der Waals surface area contributed by atoms with Gasteiger partial charge >= 0.3 is 0 Å². The van der Waals surface area contributed by atoms with E-state index in [4.69, 9.17) is 0 Å². The lowest BCUT2D eigenvalue weighted by Gasteiger charge is -2.25. The summed E-state index contributed by atoms with van der Waals surface area (Å²) >= 11 is 0. The first-order valence-corrected chi connectivity index (χ1v) is 7.06. The minimum absolute atomic E-state index is 0.274. The van der Waals surface area contributed by atoms with E-state index >= 15 is 0 Å². The van der Waals surface area contributed by atoms with Crippen molar-refractivity contribution >= 4 is 0 Å². The van der Waals surface area contributed by atoms with E-state index in [1.54, 1.807) is 12.1 Å². The molecule has 0 spiro atoms. The highest BCUT2D eigenvalue weighted by molar-refractivity contribution is 5.18. The van der Waals surface area contributed by atoms with Crippen LogP contribution in [0.4, 0.5) is 4.39 Å². The number of hydrogen-bond donors (Lipinski definition) is 2. The predicted molar refractivity (Wildman–Crippen MR) is 77.4 cm³/mol. The highest BCUT2D eigenvalue weighted by Gasteiger charge is 2.17. The third-order valence-corrected chi connectivity index (χ3v) is 3.69. The molecule has 0 bridgehead atoms. The molecule has 2 nitrogen and oxygen atoms in total. The Bertz CT molecular complexity index is 354. The Morgan fingerprint density at radius 1 is 1.00 bits per heavy atom. The summed E-state index contributed by atoms with van der Waals surface area (Å²) in [6.07, 6.45) is -0.583. The van der Waals surface area contributed by atoms with Crippen molar-refractivity contribution in [1.29, 1.82) is 0 Å². The van der Waals surface area contributed by atoms with Crippen molar-refractivity contribution in [3.8, 4) is 0 Å². The molecule has 2 N–H and O–H groups in total. The van der Waals surface area contributed by atoms with Gasteiger partial charge in [-0.25, -0.2) is 4.39 Å². The van der Waals surface area contributed by atoms with Gasteiger partial charge in [-0.3, -0.25) is 0 Å². The summed E-state index contributed by atoms with van der Waals surface area (Å²) in [5.41, 5.74) is 0.750. The average molecular weight is 267 g/mol. The van der Waals surface area contributed by atoms with Gasteiger partial charge in [0.2, 0.25) is 0 Å². The maximum absolute atomic E-state index is 12.8. The molecule has 0 radical (unpaired) electrons. The molecule has 0 aromatic heterocycles. The van der Waals surface area contributed by atoms with E-state index in [1.807, 2.05) is 0 Å². The largest absolute Gasteiger partial charge is 0.387 e. The molecular weight excluding hydrogens is 241 g/mol. The van der Waals surface area contributed by atoms with Gasteiger partial charge in [0.25, 0.3) is 0 Å². The van der Waals surface area contributed by atoms with Crippen LogP contribution >= 0.6 is 0 Å². The Morgan fingerprint density at radius 3 is 2.00 bits per heavy atom. The Labute approximate surface area is 116 Å². The van der Waals surface area contributed by atoms with Gasteiger partial charge in [0.05, 0.1) is 6.10 Å². The zero-order chi connectivity index (χ0) is 14.4. The number of benzene rings is 1. The van der Waals surface area contributed by atoms with Gasteiger partial charge < -0.3 is 10.4 Å². The fourth-order valence-electron chi connectivity index (χ4n) is 2.43. The van der Waals surface area contributed by atoms with E-state index in [0.29, 0.717) is 24.3 Å². The molecule has 0 aliphatic carbocycles. The Hall–Kier alpha value is -0.930. The van der Waals surface area contributed by atoms with E-state index in [2.05, 4.69) is 33.0 Å². The van der Waals surface area contributed by atoms with E-state index in [0.717, 1.165) is 12.1 Å². The number of aliphatic hydroxyl groups excluding tert-OH is 1. The summed E-state index contributed by atoms with van der Waals surface area (Å²) < 4.78 is 12.8. The van der Waals surface area contributed by atoms with Crippen LogP contribution in [0.3, 0.4) is 0 Å². The molecule has 0 heterocycles. The molecular formula is C16H26FNO. The highest BCUT2D eigenvalue weighted by Crippen LogP contribution is 2.20. The van der Waals surface area contributed by atoms with Crippen molar-refractivity contribution in [2.24, 2.45) is 17.8 Å². The number of halogens is 1. The van der Waals surface area contributed by atoms with Gasteiger partial charge in [-0.05, 0) is 42.0 Å². The Kier molecular flexibility index (Phi) is 6.46. The molecule has 0 aliphatic heterocycles. The quantitative estimate of drug-likeness (QED) is 0.794. The summed E-state index contributed by atoms with van der Waals surface area (Å²) in [6, 6.07) is 6.02. The molecule has 0 aliphatic rings. The summed E-state index contributed by atoms with van der Waals surface area (Å²) in [5, 5.41) is 13.3. The number of nitrogens with one attached hydrogen (secondary N) is 1. The van der Waals surface area contributed by atoms with Crippen LogP contribution in [0.5, 0.6) is 0 Å². The van der Waals surface area contributed by atoms with Crippen LogP contribution in [0.2, 0.25) is 0 Å². The minimum atomic E-state index is -0.583. The van der Waals surface area contributed by atoms with Crippen molar-refractivity contribution < 1.29 is 9.50 Å². The first kappa shape index (κ1) is 16.1. The zero-order valence-corrected chi connectivity index (χ0v) is 12.4. The standard InChI is InChI=1S/C16H26FNO/c1-11(2)15(12(3)4)9-18-10-16(19)13-5-7-14(17)8-6-13/h5-8,11-12,15-16,18-19H,9-10H2,1-4H3. The maximum atomic E-state index is 12.8. The predicted octanol–water partition coefficient (Wildman–Crippen LogP) is 3.38. The molecule has 0 saturated heterocycles. The van der Waals surface area contributed by atoms with E-state index in [-0.39, 0.29) is 5.82 Å². The molecule has 1 unspecified atom stereocenters. The van der Waals surface area contributed by atoms with Crippen molar-refractivity contribution in [2.45, 2.75) is 33.8 Å². The molecule has 3 heteroatoms. The van der Waals surface area contributed by atoms with Gasteiger partial charge in [-0.2, -0.15) is 0 Å². The van der Waals surface area contributed by atoms with E-state index in [9.17, 15) is 9.50 Å². The van der Waals surface area contributed by atoms with E-state index < -0.39 is 6.10 Å². The molecule has 0 fully saturated rings. The molecule has 1 rings (SSSR count).